The fourth-order valence-electron chi connectivity index (χ4n) is 1.45. The zero-order valence-electron chi connectivity index (χ0n) is 11.5. The normalized spacial score (nSPS) is 13.3. The Bertz CT molecular complexity index is 481. The van der Waals surface area contributed by atoms with E-state index in [9.17, 15) is 9.59 Å². The van der Waals surface area contributed by atoms with Crippen LogP contribution in [0.15, 0.2) is 41.4 Å². The zero-order valence-corrected chi connectivity index (χ0v) is 13.1. The van der Waals surface area contributed by atoms with Gasteiger partial charge < -0.3 is 9.47 Å². The Morgan fingerprint density at radius 1 is 1.25 bits per heavy atom. The summed E-state index contributed by atoms with van der Waals surface area (Å²) in [5.41, 5.74) is 0.494. The molecule has 2 atom stereocenters. The Labute approximate surface area is 126 Å². The van der Waals surface area contributed by atoms with E-state index in [1.54, 1.807) is 44.2 Å². The van der Waals surface area contributed by atoms with E-state index >= 15 is 0 Å². The summed E-state index contributed by atoms with van der Waals surface area (Å²) in [6.07, 6.45) is -0.0353. The summed E-state index contributed by atoms with van der Waals surface area (Å²) in [6.45, 7) is 6.86. The summed E-state index contributed by atoms with van der Waals surface area (Å²) in [4.78, 5) is 23.8. The lowest BCUT2D eigenvalue weighted by Crippen LogP contribution is -2.31. The van der Waals surface area contributed by atoms with Crippen LogP contribution in [0.5, 0.6) is 0 Å². The number of Topliss-reactive ketones (excluding diaryl/α,β-unsaturated/α-hetero) is 1. The molecular weight excluding hydrogens is 324 g/mol. The molecule has 20 heavy (non-hydrogen) atoms. The van der Waals surface area contributed by atoms with Gasteiger partial charge in [0.15, 0.2) is 12.2 Å². The molecule has 108 valence electrons. The van der Waals surface area contributed by atoms with Gasteiger partial charge >= 0.3 is 5.97 Å². The van der Waals surface area contributed by atoms with Crippen molar-refractivity contribution in [2.45, 2.75) is 26.1 Å². The third-order valence-electron chi connectivity index (χ3n) is 2.59. The summed E-state index contributed by atoms with van der Waals surface area (Å²) in [5, 5.41) is 0. The number of hydrogen-bond donors (Lipinski definition) is 0. The molecule has 4 nitrogen and oxygen atoms in total. The monoisotopic (exact) mass is 340 g/mol. The van der Waals surface area contributed by atoms with Gasteiger partial charge in [0.05, 0.1) is 6.61 Å². The molecule has 5 heteroatoms. The van der Waals surface area contributed by atoms with E-state index in [0.717, 1.165) is 4.47 Å². The van der Waals surface area contributed by atoms with Crippen LogP contribution in [0.1, 0.15) is 24.2 Å². The van der Waals surface area contributed by atoms with Crippen LogP contribution in [0.3, 0.4) is 0 Å². The first-order valence-corrected chi connectivity index (χ1v) is 6.97. The second kappa shape index (κ2) is 7.97. The van der Waals surface area contributed by atoms with Crippen LogP contribution in [0, 0.1) is 0 Å². The van der Waals surface area contributed by atoms with E-state index in [1.165, 1.54) is 0 Å². The van der Waals surface area contributed by atoms with Crippen molar-refractivity contribution in [2.24, 2.45) is 0 Å². The van der Waals surface area contributed by atoms with Crippen molar-refractivity contribution in [1.82, 2.24) is 0 Å². The van der Waals surface area contributed by atoms with Gasteiger partial charge in [0.25, 0.3) is 0 Å². The highest BCUT2D eigenvalue weighted by molar-refractivity contribution is 9.10. The molecular formula is C15H17BrO4. The fraction of sp³-hybridized carbons (Fsp3) is 0.333. The lowest BCUT2D eigenvalue weighted by atomic mass is 10.1. The molecule has 2 unspecified atom stereocenters. The molecule has 0 amide bonds. The van der Waals surface area contributed by atoms with Crippen LogP contribution in [0.25, 0.3) is 0 Å². The molecule has 1 aromatic carbocycles. The van der Waals surface area contributed by atoms with Gasteiger partial charge in [0.2, 0.25) is 5.78 Å². The molecule has 1 aromatic rings. The predicted molar refractivity (Wildman–Crippen MR) is 79.6 cm³/mol. The summed E-state index contributed by atoms with van der Waals surface area (Å²) < 4.78 is 11.1. The van der Waals surface area contributed by atoms with Crippen molar-refractivity contribution in [1.29, 1.82) is 0 Å². The average molecular weight is 341 g/mol. The number of carbonyl (C=O) groups excluding carboxylic acids is 2. The largest absolute Gasteiger partial charge is 0.452 e. The topological polar surface area (TPSA) is 52.6 Å². The Morgan fingerprint density at radius 2 is 1.85 bits per heavy atom. The number of halogens is 1. The molecule has 0 spiro atoms. The van der Waals surface area contributed by atoms with Crippen LogP contribution in [0.2, 0.25) is 0 Å². The van der Waals surface area contributed by atoms with Crippen molar-refractivity contribution in [3.8, 4) is 0 Å². The first kappa shape index (κ1) is 16.6. The number of hydrogen-bond acceptors (Lipinski definition) is 4. The van der Waals surface area contributed by atoms with Crippen LogP contribution >= 0.6 is 15.9 Å². The predicted octanol–water partition coefficient (Wildman–Crippen LogP) is 3.15. The number of rotatable bonds is 7. The number of benzene rings is 1. The highest BCUT2D eigenvalue weighted by Gasteiger charge is 2.23. The van der Waals surface area contributed by atoms with Gasteiger partial charge in [-0.25, -0.2) is 4.79 Å². The molecule has 0 aliphatic carbocycles. The standard InChI is InChI=1S/C15H17BrO4/c1-4-9-19-11(3)15(18)20-10(2)14(17)12-5-7-13(16)8-6-12/h4-8,10-11H,1,9H2,2-3H3. The van der Waals surface area contributed by atoms with Crippen LogP contribution < -0.4 is 0 Å². The van der Waals surface area contributed by atoms with Crippen molar-refractivity contribution < 1.29 is 19.1 Å². The molecule has 0 heterocycles. The van der Waals surface area contributed by atoms with Gasteiger partial charge in [-0.15, -0.1) is 6.58 Å². The third kappa shape index (κ3) is 4.90. The highest BCUT2D eigenvalue weighted by Crippen LogP contribution is 2.13. The maximum atomic E-state index is 12.1. The first-order valence-electron chi connectivity index (χ1n) is 6.18. The van der Waals surface area contributed by atoms with E-state index in [1.807, 2.05) is 0 Å². The lowest BCUT2D eigenvalue weighted by Gasteiger charge is -2.16. The molecule has 0 aromatic heterocycles. The van der Waals surface area contributed by atoms with E-state index in [4.69, 9.17) is 9.47 Å². The summed E-state index contributed by atoms with van der Waals surface area (Å²) in [7, 11) is 0. The quantitative estimate of drug-likeness (QED) is 0.434. The number of ketones is 1. The maximum Gasteiger partial charge on any atom is 0.335 e. The van der Waals surface area contributed by atoms with E-state index in [2.05, 4.69) is 22.5 Å². The van der Waals surface area contributed by atoms with Crippen LogP contribution in [0.4, 0.5) is 0 Å². The van der Waals surface area contributed by atoms with Crippen molar-refractivity contribution in [2.75, 3.05) is 6.61 Å². The Morgan fingerprint density at radius 3 is 2.40 bits per heavy atom. The molecule has 0 fully saturated rings. The second-order valence-corrected chi connectivity index (χ2v) is 5.13. The lowest BCUT2D eigenvalue weighted by molar-refractivity contribution is -0.157. The smallest absolute Gasteiger partial charge is 0.335 e. The van der Waals surface area contributed by atoms with E-state index in [0.29, 0.717) is 5.56 Å². The van der Waals surface area contributed by atoms with Gasteiger partial charge in [-0.3, -0.25) is 4.79 Å². The fourth-order valence-corrected chi connectivity index (χ4v) is 1.72. The minimum Gasteiger partial charge on any atom is -0.452 e. The highest BCUT2D eigenvalue weighted by atomic mass is 79.9. The maximum absolute atomic E-state index is 12.1. The molecule has 0 saturated heterocycles. The molecule has 0 N–H and O–H groups in total. The Hall–Kier alpha value is -1.46. The minimum atomic E-state index is -0.849. The molecule has 0 saturated carbocycles. The van der Waals surface area contributed by atoms with Gasteiger partial charge in [-0.2, -0.15) is 0 Å². The van der Waals surface area contributed by atoms with Crippen LogP contribution in [-0.2, 0) is 14.3 Å². The van der Waals surface area contributed by atoms with E-state index in [-0.39, 0.29) is 12.4 Å². The van der Waals surface area contributed by atoms with E-state index < -0.39 is 18.2 Å². The summed E-state index contributed by atoms with van der Waals surface area (Å²) in [5.74, 6) is -0.813. The van der Waals surface area contributed by atoms with Crippen molar-refractivity contribution >= 4 is 27.7 Å². The summed E-state index contributed by atoms with van der Waals surface area (Å²) >= 11 is 3.29. The Kier molecular flexibility index (Phi) is 6.61. The third-order valence-corrected chi connectivity index (χ3v) is 3.12. The van der Waals surface area contributed by atoms with Gasteiger partial charge in [0.1, 0.15) is 0 Å². The number of ether oxygens (including phenoxy) is 2. The average Bonchev–Trinajstić information content (AvgIpc) is 2.44. The molecule has 0 aliphatic rings. The molecule has 0 aliphatic heterocycles. The van der Waals surface area contributed by atoms with Crippen molar-refractivity contribution in [3.63, 3.8) is 0 Å². The molecule has 0 bridgehead atoms. The Balaban J connectivity index is 2.59. The SMILES string of the molecule is C=CCOC(C)C(=O)OC(C)C(=O)c1ccc(Br)cc1. The number of carbonyl (C=O) groups is 2. The van der Waals surface area contributed by atoms with Crippen molar-refractivity contribution in [3.05, 3.63) is 47.0 Å². The van der Waals surface area contributed by atoms with Gasteiger partial charge in [-0.05, 0) is 26.0 Å². The molecule has 0 radical (unpaired) electrons. The zero-order chi connectivity index (χ0) is 15.1. The van der Waals surface area contributed by atoms with Gasteiger partial charge in [0, 0.05) is 10.0 Å². The molecule has 1 rings (SSSR count). The van der Waals surface area contributed by atoms with Gasteiger partial charge in [-0.1, -0.05) is 34.1 Å². The first-order chi connectivity index (χ1) is 9.45. The summed E-state index contributed by atoms with van der Waals surface area (Å²) in [6, 6.07) is 6.87. The minimum absolute atomic E-state index is 0.248. The number of esters is 1. The second-order valence-electron chi connectivity index (χ2n) is 4.21. The van der Waals surface area contributed by atoms with Crippen LogP contribution in [-0.4, -0.2) is 30.6 Å².